The number of carbonyl (C=O) groups is 3. The van der Waals surface area contributed by atoms with Gasteiger partial charge < -0.3 is 21.4 Å². The van der Waals surface area contributed by atoms with Crippen LogP contribution in [0.4, 0.5) is 0 Å². The molecule has 3 atom stereocenters. The van der Waals surface area contributed by atoms with Gasteiger partial charge in [0.25, 0.3) is 0 Å². The molecular formula is C13H16N2O4. The summed E-state index contributed by atoms with van der Waals surface area (Å²) in [5.74, 6) is -3.48. The fraction of sp³-hybridized carbons (Fsp3) is 0.308. The van der Waals surface area contributed by atoms with Gasteiger partial charge in [-0.15, -0.1) is 0 Å². The van der Waals surface area contributed by atoms with Crippen molar-refractivity contribution in [3.8, 4) is 0 Å². The average Bonchev–Trinajstić information content (AvgIpc) is 2.40. The zero-order valence-electron chi connectivity index (χ0n) is 10.2. The van der Waals surface area contributed by atoms with Crippen LogP contribution in [-0.2, 0) is 20.8 Å². The second-order valence-corrected chi connectivity index (χ2v) is 4.22. The summed E-state index contributed by atoms with van der Waals surface area (Å²) in [6, 6.07) is 6.49. The van der Waals surface area contributed by atoms with E-state index in [4.69, 9.17) is 16.6 Å². The van der Waals surface area contributed by atoms with Crippen LogP contribution in [0.1, 0.15) is 5.56 Å². The number of rotatable bonds is 7. The van der Waals surface area contributed by atoms with E-state index in [1.54, 1.807) is 24.3 Å². The largest absolute Gasteiger partial charge is 0.480 e. The fourth-order valence-corrected chi connectivity index (χ4v) is 1.70. The first kappa shape index (κ1) is 15.0. The van der Waals surface area contributed by atoms with Crippen LogP contribution >= 0.6 is 0 Å². The predicted octanol–water partition coefficient (Wildman–Crippen LogP) is -0.647. The predicted molar refractivity (Wildman–Crippen MR) is 68.3 cm³/mol. The van der Waals surface area contributed by atoms with Gasteiger partial charge in [-0.25, -0.2) is 0 Å². The Kier molecular flexibility index (Phi) is 5.35. The van der Waals surface area contributed by atoms with Gasteiger partial charge in [-0.2, -0.15) is 0 Å². The molecule has 1 aromatic carbocycles. The maximum atomic E-state index is 11.9. The molecule has 0 aliphatic carbocycles. The molecule has 0 saturated carbocycles. The Morgan fingerprint density at radius 2 is 1.79 bits per heavy atom. The summed E-state index contributed by atoms with van der Waals surface area (Å²) in [5.41, 5.74) is 11.8. The maximum absolute atomic E-state index is 11.9. The molecule has 102 valence electrons. The third-order valence-electron chi connectivity index (χ3n) is 2.81. The molecule has 0 aliphatic heterocycles. The summed E-state index contributed by atoms with van der Waals surface area (Å²) < 4.78 is 0. The monoisotopic (exact) mass is 264 g/mol. The molecule has 2 unspecified atom stereocenters. The minimum Gasteiger partial charge on any atom is -0.480 e. The van der Waals surface area contributed by atoms with Gasteiger partial charge in [0.1, 0.15) is 18.2 Å². The number of carboxylic acid groups (broad SMARTS) is 1. The van der Waals surface area contributed by atoms with Gasteiger partial charge in [0.2, 0.25) is 0 Å². The Morgan fingerprint density at radius 1 is 1.21 bits per heavy atom. The summed E-state index contributed by atoms with van der Waals surface area (Å²) in [6.07, 6.45) is 0.475. The maximum Gasteiger partial charge on any atom is 0.321 e. The number of aldehydes is 1. The minimum absolute atomic E-state index is 0.232. The van der Waals surface area contributed by atoms with E-state index >= 15 is 0 Å². The van der Waals surface area contributed by atoms with E-state index in [0.29, 0.717) is 0 Å². The van der Waals surface area contributed by atoms with Crippen LogP contribution in [0.5, 0.6) is 0 Å². The highest BCUT2D eigenvalue weighted by atomic mass is 16.4. The molecular weight excluding hydrogens is 248 g/mol. The Bertz CT molecular complexity index is 461. The Balaban J connectivity index is 2.75. The van der Waals surface area contributed by atoms with Crippen molar-refractivity contribution in [1.82, 2.24) is 0 Å². The van der Waals surface area contributed by atoms with Gasteiger partial charge in [0.15, 0.2) is 5.78 Å². The molecule has 0 saturated heterocycles. The van der Waals surface area contributed by atoms with Crippen LogP contribution < -0.4 is 11.5 Å². The zero-order valence-corrected chi connectivity index (χ0v) is 10.2. The number of hydrogen-bond donors (Lipinski definition) is 3. The molecule has 0 bridgehead atoms. The van der Waals surface area contributed by atoms with Gasteiger partial charge in [-0.3, -0.25) is 9.59 Å². The standard InChI is InChI=1S/C13H16N2O4/c14-10(6-8-4-2-1-3-5-8)12(17)9(7-16)11(15)13(18)19/h1-5,7,9-11H,6,14-15H2,(H,18,19)/t9-,10?,11?/m1/s1. The number of Topliss-reactive ketones (excluding diaryl/α,β-unsaturated/α-hetero) is 1. The first-order chi connectivity index (χ1) is 8.97. The summed E-state index contributed by atoms with van der Waals surface area (Å²) in [6.45, 7) is 0. The molecule has 6 nitrogen and oxygen atoms in total. The lowest BCUT2D eigenvalue weighted by Crippen LogP contribution is -2.49. The Labute approximate surface area is 110 Å². The van der Waals surface area contributed by atoms with Crippen molar-refractivity contribution < 1.29 is 19.5 Å². The zero-order chi connectivity index (χ0) is 14.4. The highest BCUT2D eigenvalue weighted by Crippen LogP contribution is 2.08. The summed E-state index contributed by atoms with van der Waals surface area (Å²) in [5, 5.41) is 8.73. The van der Waals surface area contributed by atoms with E-state index in [1.807, 2.05) is 6.07 Å². The normalized spacial score (nSPS) is 15.3. The van der Waals surface area contributed by atoms with Crippen LogP contribution in [0.3, 0.4) is 0 Å². The molecule has 0 radical (unpaired) electrons. The number of carboxylic acids is 1. The average molecular weight is 264 g/mol. The van der Waals surface area contributed by atoms with Gasteiger partial charge in [0, 0.05) is 0 Å². The van der Waals surface area contributed by atoms with Crippen molar-refractivity contribution in [1.29, 1.82) is 0 Å². The van der Waals surface area contributed by atoms with Gasteiger partial charge in [-0.05, 0) is 12.0 Å². The molecule has 0 aromatic heterocycles. The van der Waals surface area contributed by atoms with E-state index in [-0.39, 0.29) is 12.7 Å². The van der Waals surface area contributed by atoms with Crippen LogP contribution in [0.25, 0.3) is 0 Å². The summed E-state index contributed by atoms with van der Waals surface area (Å²) in [4.78, 5) is 33.5. The summed E-state index contributed by atoms with van der Waals surface area (Å²) >= 11 is 0. The number of ketones is 1. The van der Waals surface area contributed by atoms with Crippen molar-refractivity contribution in [2.75, 3.05) is 0 Å². The molecule has 0 heterocycles. The van der Waals surface area contributed by atoms with Gasteiger partial charge in [-0.1, -0.05) is 30.3 Å². The number of nitrogens with two attached hydrogens (primary N) is 2. The van der Waals surface area contributed by atoms with Crippen molar-refractivity contribution in [2.24, 2.45) is 17.4 Å². The number of benzene rings is 1. The lowest BCUT2D eigenvalue weighted by Gasteiger charge is -2.18. The molecule has 0 fully saturated rings. The quantitative estimate of drug-likeness (QED) is 0.444. The number of hydrogen-bond acceptors (Lipinski definition) is 5. The summed E-state index contributed by atoms with van der Waals surface area (Å²) in [7, 11) is 0. The lowest BCUT2D eigenvalue weighted by atomic mass is 9.90. The number of carbonyl (C=O) groups excluding carboxylic acids is 2. The Morgan fingerprint density at radius 3 is 2.26 bits per heavy atom. The molecule has 5 N–H and O–H groups in total. The lowest BCUT2D eigenvalue weighted by molar-refractivity contribution is -0.144. The number of aliphatic carboxylic acids is 1. The molecule has 1 aromatic rings. The molecule has 1 rings (SSSR count). The van der Waals surface area contributed by atoms with E-state index in [2.05, 4.69) is 0 Å². The van der Waals surface area contributed by atoms with Gasteiger partial charge in [0.05, 0.1) is 6.04 Å². The third-order valence-corrected chi connectivity index (χ3v) is 2.81. The van der Waals surface area contributed by atoms with Crippen molar-refractivity contribution in [2.45, 2.75) is 18.5 Å². The van der Waals surface area contributed by atoms with Crippen LogP contribution in [0, 0.1) is 5.92 Å². The highest BCUT2D eigenvalue weighted by Gasteiger charge is 2.33. The highest BCUT2D eigenvalue weighted by molar-refractivity contribution is 6.01. The second kappa shape index (κ2) is 6.77. The first-order valence-corrected chi connectivity index (χ1v) is 5.74. The Hall–Kier alpha value is -2.05. The topological polar surface area (TPSA) is 123 Å². The van der Waals surface area contributed by atoms with E-state index < -0.39 is 29.8 Å². The molecule has 0 amide bonds. The second-order valence-electron chi connectivity index (χ2n) is 4.22. The van der Waals surface area contributed by atoms with E-state index in [1.165, 1.54) is 0 Å². The SMILES string of the molecule is NC(Cc1ccccc1)C(=O)[C@H](C=O)C(N)C(=O)O. The van der Waals surface area contributed by atoms with Crippen molar-refractivity contribution in [3.63, 3.8) is 0 Å². The van der Waals surface area contributed by atoms with Gasteiger partial charge >= 0.3 is 5.97 Å². The third kappa shape index (κ3) is 3.97. The van der Waals surface area contributed by atoms with Crippen molar-refractivity contribution >= 4 is 18.0 Å². The molecule has 19 heavy (non-hydrogen) atoms. The van der Waals surface area contributed by atoms with Crippen LogP contribution in [0.2, 0.25) is 0 Å². The van der Waals surface area contributed by atoms with Crippen LogP contribution in [-0.4, -0.2) is 35.2 Å². The van der Waals surface area contributed by atoms with Crippen molar-refractivity contribution in [3.05, 3.63) is 35.9 Å². The fourth-order valence-electron chi connectivity index (χ4n) is 1.70. The van der Waals surface area contributed by atoms with Crippen LogP contribution in [0.15, 0.2) is 30.3 Å². The molecule has 0 aliphatic rings. The van der Waals surface area contributed by atoms with E-state index in [9.17, 15) is 14.4 Å². The first-order valence-electron chi connectivity index (χ1n) is 5.74. The molecule has 0 spiro atoms. The smallest absolute Gasteiger partial charge is 0.321 e. The molecule has 6 heteroatoms. The van der Waals surface area contributed by atoms with E-state index in [0.717, 1.165) is 5.56 Å². The minimum atomic E-state index is -1.56.